The van der Waals surface area contributed by atoms with Gasteiger partial charge < -0.3 is 30.3 Å². The van der Waals surface area contributed by atoms with Crippen LogP contribution in [0.2, 0.25) is 0 Å². The van der Waals surface area contributed by atoms with E-state index in [0.29, 0.717) is 23.5 Å². The zero-order chi connectivity index (χ0) is 23.1. The number of nitrogens with two attached hydrogens (primary N) is 1. The summed E-state index contributed by atoms with van der Waals surface area (Å²) >= 11 is 5.05. The van der Waals surface area contributed by atoms with Crippen molar-refractivity contribution in [3.8, 4) is 0 Å². The molecule has 0 saturated heterocycles. The van der Waals surface area contributed by atoms with Crippen molar-refractivity contribution in [2.75, 3.05) is 18.6 Å². The van der Waals surface area contributed by atoms with Crippen LogP contribution < -0.4 is 11.2 Å². The molecule has 1 aromatic carbocycles. The van der Waals surface area contributed by atoms with Gasteiger partial charge in [-0.2, -0.15) is 0 Å². The molecule has 5 rings (SSSR count). The van der Waals surface area contributed by atoms with Crippen LogP contribution in [0, 0.1) is 5.92 Å². The Morgan fingerprint density at radius 1 is 1.30 bits per heavy atom. The molecule has 1 aliphatic rings. The molecule has 3 heterocycles. The number of halogens is 1. The van der Waals surface area contributed by atoms with Crippen molar-refractivity contribution in [2.24, 2.45) is 11.1 Å². The van der Waals surface area contributed by atoms with Gasteiger partial charge >= 0.3 is 0 Å². The molecule has 0 aliphatic heterocycles. The molecule has 0 radical (unpaired) electrons. The predicted molar refractivity (Wildman–Crippen MR) is 130 cm³/mol. The van der Waals surface area contributed by atoms with E-state index in [1.54, 1.807) is 18.1 Å². The number of pyridine rings is 1. The first kappa shape index (κ1) is 22.2. The van der Waals surface area contributed by atoms with Gasteiger partial charge in [-0.15, -0.1) is 11.8 Å². The van der Waals surface area contributed by atoms with E-state index in [-0.39, 0.29) is 12.0 Å². The quantitative estimate of drug-likeness (QED) is 0.230. The third-order valence-corrected chi connectivity index (χ3v) is 7.90. The second kappa shape index (κ2) is 8.98. The number of H-pyrrole nitrogens is 1. The fourth-order valence-electron chi connectivity index (χ4n) is 4.41. The molecule has 4 aromatic rings. The summed E-state index contributed by atoms with van der Waals surface area (Å²) in [7, 11) is 1.47. The number of nitrogens with zero attached hydrogens (tertiary/aromatic N) is 4. The Hall–Kier alpha value is -2.60. The molecule has 0 spiro atoms. The minimum Gasteiger partial charge on any atom is -0.397 e. The number of aliphatic hydroxyl groups is 2. The number of anilines is 1. The lowest BCUT2D eigenvalue weighted by atomic mass is 10.1. The molecule has 1 aliphatic carbocycles. The Bertz CT molecular complexity index is 1390. The summed E-state index contributed by atoms with van der Waals surface area (Å²) in [6.45, 7) is 0. The molecule has 5 N–H and O–H groups in total. The van der Waals surface area contributed by atoms with Gasteiger partial charge in [0.15, 0.2) is 0 Å². The van der Waals surface area contributed by atoms with E-state index in [0.717, 1.165) is 31.3 Å². The molecule has 0 bridgehead atoms. The highest BCUT2D eigenvalue weighted by Gasteiger charge is 2.42. The molecule has 11 heteroatoms. The number of nitrogen functional groups attached to an aromatic ring is 1. The summed E-state index contributed by atoms with van der Waals surface area (Å²) in [6.07, 6.45) is 2.35. The minimum atomic E-state index is -0.883. The number of benzene rings is 1. The van der Waals surface area contributed by atoms with Crippen LogP contribution in [-0.4, -0.2) is 54.8 Å². The van der Waals surface area contributed by atoms with Gasteiger partial charge in [0, 0.05) is 22.2 Å². The van der Waals surface area contributed by atoms with Gasteiger partial charge in [-0.1, -0.05) is 11.2 Å². The summed E-state index contributed by atoms with van der Waals surface area (Å²) in [4.78, 5) is 17.7. The first-order valence-corrected chi connectivity index (χ1v) is 12.2. The normalized spacial score (nSPS) is 23.6. The van der Waals surface area contributed by atoms with Crippen molar-refractivity contribution in [1.82, 2.24) is 19.5 Å². The van der Waals surface area contributed by atoms with E-state index in [2.05, 4.69) is 36.0 Å². The maximum atomic E-state index is 10.8. The Morgan fingerprint density at radius 2 is 2.15 bits per heavy atom. The summed E-state index contributed by atoms with van der Waals surface area (Å²) in [5.74, 6) is 1.05. The highest BCUT2D eigenvalue weighted by molar-refractivity contribution is 9.10. The van der Waals surface area contributed by atoms with Crippen LogP contribution in [0.1, 0.15) is 12.5 Å². The van der Waals surface area contributed by atoms with E-state index in [4.69, 9.17) is 10.6 Å². The predicted octanol–water partition coefficient (Wildman–Crippen LogP) is 2.79. The number of thioether (sulfide) groups is 1. The Labute approximate surface area is 201 Å². The highest BCUT2D eigenvalue weighted by Crippen LogP contribution is 2.40. The molecule has 1 saturated carbocycles. The molecule has 172 valence electrons. The number of fused-ring (bicyclic) bond motifs is 2. The topological polar surface area (TPSA) is 135 Å². The van der Waals surface area contributed by atoms with Gasteiger partial charge in [-0.25, -0.2) is 9.97 Å². The van der Waals surface area contributed by atoms with Crippen molar-refractivity contribution in [2.45, 2.75) is 29.6 Å². The number of rotatable bonds is 5. The van der Waals surface area contributed by atoms with E-state index in [1.807, 2.05) is 41.1 Å². The molecule has 33 heavy (non-hydrogen) atoms. The molecular formula is C22H23BrN6O3S. The number of aliphatic hydroxyl groups excluding tert-OH is 2. The first-order chi connectivity index (χ1) is 16.0. The van der Waals surface area contributed by atoms with E-state index >= 15 is 0 Å². The largest absolute Gasteiger partial charge is 0.397 e. The van der Waals surface area contributed by atoms with Gasteiger partial charge in [-0.05, 0) is 52.5 Å². The van der Waals surface area contributed by atoms with Crippen LogP contribution in [0.3, 0.4) is 0 Å². The van der Waals surface area contributed by atoms with Crippen LogP contribution >= 0.6 is 27.7 Å². The van der Waals surface area contributed by atoms with Crippen molar-refractivity contribution in [3.63, 3.8) is 0 Å². The second-order valence-electron chi connectivity index (χ2n) is 8.05. The molecule has 0 unspecified atom stereocenters. The zero-order valence-electron chi connectivity index (χ0n) is 17.7. The Morgan fingerprint density at radius 3 is 2.97 bits per heavy atom. The number of hydrogen-bond donors (Lipinski definition) is 4. The summed E-state index contributed by atoms with van der Waals surface area (Å²) in [6, 6.07) is 9.61. The number of hydrogen-bond acceptors (Lipinski definition) is 8. The molecule has 0 amide bonds. The van der Waals surface area contributed by atoms with Crippen LogP contribution in [0.4, 0.5) is 5.82 Å². The summed E-state index contributed by atoms with van der Waals surface area (Å²) in [5.41, 5.74) is 7.98. The van der Waals surface area contributed by atoms with Gasteiger partial charge in [-0.3, -0.25) is 0 Å². The van der Waals surface area contributed by atoms with Crippen LogP contribution in [0.15, 0.2) is 57.4 Å². The zero-order valence-corrected chi connectivity index (χ0v) is 20.1. The fraction of sp³-hybridized carbons (Fsp3) is 0.318. The standard InChI is InChI=1S/C22H23BrN6O3S/c1-32-28-21-14-4-5-29(22(14)26-10-25-21)17-7-12(18(30)19(17)31)9-33-13-3-2-11-6-15(23)20(24)27-16(11)8-13/h2-6,8,10,12,17-19,30-31H,7,9H2,1H3,(H2,24,27)(H,25,26,28)/t12-,17-,18-,19+/m1/s1. The van der Waals surface area contributed by atoms with Crippen LogP contribution in [0.5, 0.6) is 0 Å². The van der Waals surface area contributed by atoms with E-state index in [1.165, 1.54) is 7.11 Å². The van der Waals surface area contributed by atoms with Gasteiger partial charge in [0.2, 0.25) is 5.49 Å². The number of aromatic amines is 1. The van der Waals surface area contributed by atoms with Crippen molar-refractivity contribution in [3.05, 3.63) is 52.8 Å². The second-order valence-corrected chi connectivity index (χ2v) is 10.00. The SMILES string of the molecule is CO/N=c1\nc[nH]c2c1ccn2[C@@H]1C[C@H](CSc2ccc3cc(Br)c(N)nc3c2)[C@@H](O)[C@H]1O. The summed E-state index contributed by atoms with van der Waals surface area (Å²) < 4.78 is 2.73. The van der Waals surface area contributed by atoms with Gasteiger partial charge in [0.25, 0.3) is 0 Å². The molecule has 1 fully saturated rings. The van der Waals surface area contributed by atoms with E-state index < -0.39 is 12.2 Å². The third kappa shape index (κ3) is 4.10. The Kier molecular flexibility index (Phi) is 6.04. The van der Waals surface area contributed by atoms with Crippen LogP contribution in [0.25, 0.3) is 21.9 Å². The molecule has 4 atom stereocenters. The smallest absolute Gasteiger partial charge is 0.203 e. The minimum absolute atomic E-state index is 0.0731. The highest BCUT2D eigenvalue weighted by atomic mass is 79.9. The fourth-order valence-corrected chi connectivity index (χ4v) is 5.84. The maximum Gasteiger partial charge on any atom is 0.203 e. The molecule has 9 nitrogen and oxygen atoms in total. The average molecular weight is 531 g/mol. The molecular weight excluding hydrogens is 508 g/mol. The van der Waals surface area contributed by atoms with E-state index in [9.17, 15) is 10.2 Å². The van der Waals surface area contributed by atoms with Crippen molar-refractivity contribution >= 4 is 55.4 Å². The van der Waals surface area contributed by atoms with Crippen molar-refractivity contribution in [1.29, 1.82) is 0 Å². The first-order valence-electron chi connectivity index (χ1n) is 10.4. The lowest BCUT2D eigenvalue weighted by molar-refractivity contribution is 0.0104. The number of nitrogens with one attached hydrogen (secondary N) is 1. The molecule has 3 aromatic heterocycles. The van der Waals surface area contributed by atoms with Gasteiger partial charge in [0.1, 0.15) is 24.7 Å². The van der Waals surface area contributed by atoms with Gasteiger partial charge in [0.05, 0.1) is 33.8 Å². The Balaban J connectivity index is 1.35. The maximum absolute atomic E-state index is 10.8. The lowest BCUT2D eigenvalue weighted by Gasteiger charge is -2.19. The number of aromatic nitrogens is 4. The average Bonchev–Trinajstić information content (AvgIpc) is 3.35. The van der Waals surface area contributed by atoms with Crippen molar-refractivity contribution < 1.29 is 15.1 Å². The monoisotopic (exact) mass is 530 g/mol. The third-order valence-electron chi connectivity index (χ3n) is 6.08. The summed E-state index contributed by atoms with van der Waals surface area (Å²) in [5, 5.41) is 27.4. The lowest BCUT2D eigenvalue weighted by Crippen LogP contribution is -2.30. The van der Waals surface area contributed by atoms with Crippen LogP contribution in [-0.2, 0) is 4.84 Å².